The highest BCUT2D eigenvalue weighted by molar-refractivity contribution is 5.69. The van der Waals surface area contributed by atoms with Gasteiger partial charge >= 0.3 is 6.09 Å². The van der Waals surface area contributed by atoms with Gasteiger partial charge in [-0.15, -0.1) is 0 Å². The van der Waals surface area contributed by atoms with E-state index >= 15 is 0 Å². The van der Waals surface area contributed by atoms with E-state index in [0.29, 0.717) is 6.61 Å². The second-order valence-corrected chi connectivity index (χ2v) is 3.40. The van der Waals surface area contributed by atoms with Crippen molar-refractivity contribution in [3.05, 3.63) is 23.8 Å². The van der Waals surface area contributed by atoms with E-state index in [1.165, 1.54) is 5.57 Å². The highest BCUT2D eigenvalue weighted by Crippen LogP contribution is 2.16. The molecule has 1 atom stereocenters. The van der Waals surface area contributed by atoms with Gasteiger partial charge in [0.2, 0.25) is 0 Å². The van der Waals surface area contributed by atoms with Crippen molar-refractivity contribution in [2.45, 2.75) is 25.3 Å². The van der Waals surface area contributed by atoms with Crippen molar-refractivity contribution in [1.82, 2.24) is 5.32 Å². The van der Waals surface area contributed by atoms with Crippen molar-refractivity contribution < 1.29 is 9.53 Å². The van der Waals surface area contributed by atoms with Crippen LogP contribution in [0.5, 0.6) is 0 Å². The van der Waals surface area contributed by atoms with Gasteiger partial charge in [-0.3, -0.25) is 0 Å². The average molecular weight is 179 g/mol. The third-order valence-corrected chi connectivity index (χ3v) is 2.29. The Balaban J connectivity index is 1.87. The van der Waals surface area contributed by atoms with E-state index in [-0.39, 0.29) is 12.1 Å². The number of rotatable bonds is 2. The van der Waals surface area contributed by atoms with Gasteiger partial charge in [0.25, 0.3) is 0 Å². The topological polar surface area (TPSA) is 38.3 Å². The van der Waals surface area contributed by atoms with Gasteiger partial charge in [-0.05, 0) is 19.3 Å². The summed E-state index contributed by atoms with van der Waals surface area (Å²) >= 11 is 0. The van der Waals surface area contributed by atoms with Crippen LogP contribution in [0.4, 0.5) is 4.79 Å². The van der Waals surface area contributed by atoms with Crippen LogP contribution in [0.3, 0.4) is 0 Å². The minimum Gasteiger partial charge on any atom is -0.447 e. The number of hydrogen-bond acceptors (Lipinski definition) is 2. The number of allylic oxidation sites excluding steroid dienone is 3. The minimum atomic E-state index is -0.287. The fraction of sp³-hybridized carbons (Fsp3) is 0.500. The van der Waals surface area contributed by atoms with Crippen molar-refractivity contribution in [2.24, 2.45) is 0 Å². The second kappa shape index (κ2) is 3.64. The van der Waals surface area contributed by atoms with Crippen LogP contribution < -0.4 is 5.32 Å². The summed E-state index contributed by atoms with van der Waals surface area (Å²) in [5.74, 6) is 0. The van der Waals surface area contributed by atoms with Gasteiger partial charge in [-0.25, -0.2) is 4.79 Å². The van der Waals surface area contributed by atoms with E-state index < -0.39 is 0 Å². The molecule has 0 aromatic heterocycles. The number of amides is 1. The summed E-state index contributed by atoms with van der Waals surface area (Å²) < 4.78 is 4.81. The van der Waals surface area contributed by atoms with Crippen LogP contribution in [0.15, 0.2) is 23.8 Å². The Morgan fingerprint density at radius 1 is 1.54 bits per heavy atom. The second-order valence-electron chi connectivity index (χ2n) is 3.40. The molecule has 1 aliphatic heterocycles. The lowest BCUT2D eigenvalue weighted by molar-refractivity contribution is 0.177. The Labute approximate surface area is 77.5 Å². The normalized spacial score (nSPS) is 26.6. The van der Waals surface area contributed by atoms with E-state index in [1.54, 1.807) is 0 Å². The van der Waals surface area contributed by atoms with Gasteiger partial charge in [-0.1, -0.05) is 23.8 Å². The molecule has 0 unspecified atom stereocenters. The number of ether oxygens (including phenoxy) is 1. The highest BCUT2D eigenvalue weighted by Gasteiger charge is 2.22. The van der Waals surface area contributed by atoms with Gasteiger partial charge in [0.05, 0.1) is 6.04 Å². The van der Waals surface area contributed by atoms with Crippen molar-refractivity contribution in [3.63, 3.8) is 0 Å². The molecular formula is C10H13NO2. The van der Waals surface area contributed by atoms with Crippen LogP contribution >= 0.6 is 0 Å². The highest BCUT2D eigenvalue weighted by atomic mass is 16.6. The van der Waals surface area contributed by atoms with E-state index in [0.717, 1.165) is 19.3 Å². The molecule has 1 amide bonds. The van der Waals surface area contributed by atoms with E-state index in [4.69, 9.17) is 4.74 Å². The molecule has 70 valence electrons. The lowest BCUT2D eigenvalue weighted by atomic mass is 10.0. The summed E-state index contributed by atoms with van der Waals surface area (Å²) in [4.78, 5) is 10.7. The Bertz CT molecular complexity index is 268. The first-order chi connectivity index (χ1) is 6.34. The summed E-state index contributed by atoms with van der Waals surface area (Å²) in [6, 6.07) is 0.168. The molecule has 3 heteroatoms. The van der Waals surface area contributed by atoms with E-state index in [9.17, 15) is 4.79 Å². The monoisotopic (exact) mass is 179 g/mol. The molecule has 2 rings (SSSR count). The zero-order valence-electron chi connectivity index (χ0n) is 7.45. The molecule has 2 aliphatic rings. The Morgan fingerprint density at radius 2 is 2.46 bits per heavy atom. The molecule has 0 spiro atoms. The van der Waals surface area contributed by atoms with Crippen LogP contribution in [0, 0.1) is 0 Å². The standard InChI is InChI=1S/C10H13NO2/c12-10-11-9(7-13-10)6-8-4-2-1-3-5-8/h2,4-5,9H,1,3,6-7H2,(H,11,12)/t9-/m1/s1. The van der Waals surface area contributed by atoms with Crippen LogP contribution in [0.1, 0.15) is 19.3 Å². The molecule has 0 saturated carbocycles. The smallest absolute Gasteiger partial charge is 0.407 e. The zero-order valence-corrected chi connectivity index (χ0v) is 7.45. The maximum Gasteiger partial charge on any atom is 0.407 e. The predicted molar refractivity (Wildman–Crippen MR) is 49.3 cm³/mol. The summed E-state index contributed by atoms with van der Waals surface area (Å²) in [6.45, 7) is 0.504. The summed E-state index contributed by atoms with van der Waals surface area (Å²) in [6.07, 6.45) is 9.39. The predicted octanol–water partition coefficient (Wildman–Crippen LogP) is 1.76. The minimum absolute atomic E-state index is 0.168. The Hall–Kier alpha value is -1.25. The first-order valence-electron chi connectivity index (χ1n) is 4.63. The fourth-order valence-electron chi connectivity index (χ4n) is 1.64. The number of carbonyl (C=O) groups is 1. The van der Waals surface area contributed by atoms with Gasteiger partial charge in [-0.2, -0.15) is 0 Å². The molecule has 1 N–H and O–H groups in total. The van der Waals surface area contributed by atoms with Crippen molar-refractivity contribution in [1.29, 1.82) is 0 Å². The SMILES string of the molecule is O=C1N[C@H](CC2=CCCC=C2)CO1. The quantitative estimate of drug-likeness (QED) is 0.701. The van der Waals surface area contributed by atoms with Gasteiger partial charge in [0, 0.05) is 0 Å². The Kier molecular flexibility index (Phi) is 2.34. The van der Waals surface area contributed by atoms with Gasteiger partial charge in [0.15, 0.2) is 0 Å². The van der Waals surface area contributed by atoms with Gasteiger partial charge in [0.1, 0.15) is 6.61 Å². The molecule has 1 saturated heterocycles. The molecule has 13 heavy (non-hydrogen) atoms. The lowest BCUT2D eigenvalue weighted by Gasteiger charge is -2.10. The lowest BCUT2D eigenvalue weighted by Crippen LogP contribution is -2.26. The van der Waals surface area contributed by atoms with E-state index in [2.05, 4.69) is 23.5 Å². The third-order valence-electron chi connectivity index (χ3n) is 2.29. The first-order valence-corrected chi connectivity index (χ1v) is 4.63. The zero-order chi connectivity index (χ0) is 9.10. The molecule has 0 aromatic rings. The van der Waals surface area contributed by atoms with Crippen LogP contribution in [0.2, 0.25) is 0 Å². The number of nitrogens with one attached hydrogen (secondary N) is 1. The summed E-state index contributed by atoms with van der Waals surface area (Å²) in [5.41, 5.74) is 1.31. The molecule has 0 radical (unpaired) electrons. The molecular weight excluding hydrogens is 166 g/mol. The maximum atomic E-state index is 10.7. The van der Waals surface area contributed by atoms with Crippen molar-refractivity contribution >= 4 is 6.09 Å². The molecule has 0 bridgehead atoms. The molecule has 1 fully saturated rings. The molecule has 1 aliphatic carbocycles. The largest absolute Gasteiger partial charge is 0.447 e. The number of carbonyl (C=O) groups excluding carboxylic acids is 1. The third kappa shape index (κ3) is 2.11. The molecule has 0 aromatic carbocycles. The number of cyclic esters (lactones) is 1. The fourth-order valence-corrected chi connectivity index (χ4v) is 1.64. The van der Waals surface area contributed by atoms with Crippen molar-refractivity contribution in [2.75, 3.05) is 6.61 Å². The summed E-state index contributed by atoms with van der Waals surface area (Å²) in [7, 11) is 0. The van der Waals surface area contributed by atoms with Crippen LogP contribution in [0.25, 0.3) is 0 Å². The molecule has 3 nitrogen and oxygen atoms in total. The maximum absolute atomic E-state index is 10.7. The van der Waals surface area contributed by atoms with Crippen molar-refractivity contribution in [3.8, 4) is 0 Å². The summed E-state index contributed by atoms with van der Waals surface area (Å²) in [5, 5.41) is 2.77. The van der Waals surface area contributed by atoms with E-state index in [1.807, 2.05) is 0 Å². The first kappa shape index (κ1) is 8.35. The van der Waals surface area contributed by atoms with Crippen LogP contribution in [-0.4, -0.2) is 18.7 Å². The number of hydrogen-bond donors (Lipinski definition) is 1. The average Bonchev–Trinajstić information content (AvgIpc) is 2.53. The van der Waals surface area contributed by atoms with Gasteiger partial charge < -0.3 is 10.1 Å². The Morgan fingerprint density at radius 3 is 3.08 bits per heavy atom. The molecule has 1 heterocycles. The number of alkyl carbamates (subject to hydrolysis) is 1. The van der Waals surface area contributed by atoms with Crippen LogP contribution in [-0.2, 0) is 4.74 Å².